The molecule has 0 aliphatic heterocycles. The van der Waals surface area contributed by atoms with Gasteiger partial charge in [-0.2, -0.15) is 0 Å². The zero-order valence-corrected chi connectivity index (χ0v) is 18.6. The highest BCUT2D eigenvalue weighted by Gasteiger charge is 2.63. The van der Waals surface area contributed by atoms with Crippen molar-refractivity contribution in [3.63, 3.8) is 0 Å². The smallest absolute Gasteiger partial charge is 0.122 e. The topological polar surface area (TPSA) is 40.5 Å². The Kier molecular flexibility index (Phi) is 3.56. The highest BCUT2D eigenvalue weighted by atomic mass is 16.3. The van der Waals surface area contributed by atoms with Crippen LogP contribution in [0, 0.1) is 33.5 Å². The van der Waals surface area contributed by atoms with Gasteiger partial charge in [-0.15, -0.1) is 0 Å². The maximum atomic E-state index is 11.5. The average molecular weight is 383 g/mol. The molecule has 4 aliphatic rings. The van der Waals surface area contributed by atoms with Crippen LogP contribution in [0.4, 0.5) is 0 Å². The van der Waals surface area contributed by atoms with Gasteiger partial charge in [-0.1, -0.05) is 41.5 Å². The maximum Gasteiger partial charge on any atom is 0.122 e. The monoisotopic (exact) mass is 382 g/mol. The Morgan fingerprint density at radius 3 is 1.39 bits per heavy atom. The zero-order valence-electron chi connectivity index (χ0n) is 18.6. The lowest BCUT2D eigenvalue weighted by atomic mass is 9.63. The molecule has 5 rings (SSSR count). The quantitative estimate of drug-likeness (QED) is 0.543. The molecule has 4 aliphatic carbocycles. The summed E-state index contributed by atoms with van der Waals surface area (Å²) >= 11 is 0. The summed E-state index contributed by atoms with van der Waals surface area (Å²) < 4.78 is 0. The third kappa shape index (κ3) is 1.96. The number of fused-ring (bicyclic) bond motifs is 4. The van der Waals surface area contributed by atoms with E-state index in [-0.39, 0.29) is 10.8 Å². The van der Waals surface area contributed by atoms with Crippen LogP contribution in [0.3, 0.4) is 0 Å². The lowest BCUT2D eigenvalue weighted by molar-refractivity contribution is 0.130. The fourth-order valence-corrected chi connectivity index (χ4v) is 8.54. The fourth-order valence-electron chi connectivity index (χ4n) is 8.54. The Morgan fingerprint density at radius 2 is 1.11 bits per heavy atom. The second-order valence-electron chi connectivity index (χ2n) is 12.3. The van der Waals surface area contributed by atoms with E-state index in [1.807, 2.05) is 12.1 Å². The molecule has 1 aromatic rings. The van der Waals surface area contributed by atoms with Crippen LogP contribution in [0.15, 0.2) is 12.1 Å². The molecular weight excluding hydrogens is 344 g/mol. The molecule has 6 unspecified atom stereocenters. The van der Waals surface area contributed by atoms with Gasteiger partial charge >= 0.3 is 0 Å². The van der Waals surface area contributed by atoms with Crippen molar-refractivity contribution in [3.8, 4) is 11.5 Å². The van der Waals surface area contributed by atoms with Crippen LogP contribution in [-0.4, -0.2) is 10.2 Å². The molecular formula is C26H38O2. The summed E-state index contributed by atoms with van der Waals surface area (Å²) in [5.74, 6) is 3.01. The van der Waals surface area contributed by atoms with Gasteiger partial charge in [0.05, 0.1) is 0 Å². The molecule has 0 aromatic heterocycles. The minimum atomic E-state index is 0.206. The third-order valence-corrected chi connectivity index (χ3v) is 11.5. The van der Waals surface area contributed by atoms with E-state index in [4.69, 9.17) is 0 Å². The van der Waals surface area contributed by atoms with E-state index in [0.29, 0.717) is 34.2 Å². The van der Waals surface area contributed by atoms with E-state index in [1.54, 1.807) is 0 Å². The van der Waals surface area contributed by atoms with Crippen molar-refractivity contribution >= 4 is 0 Å². The number of phenolic OH excluding ortho intramolecular Hbond substituents is 2. The predicted octanol–water partition coefficient (Wildman–Crippen LogP) is 6.96. The molecule has 2 heteroatoms. The van der Waals surface area contributed by atoms with Crippen LogP contribution in [0.2, 0.25) is 0 Å². The molecule has 0 saturated heterocycles. The minimum absolute atomic E-state index is 0.206. The summed E-state index contributed by atoms with van der Waals surface area (Å²) in [7, 11) is 0. The Bertz CT molecular complexity index is 772. The van der Waals surface area contributed by atoms with Gasteiger partial charge in [0, 0.05) is 11.1 Å². The molecule has 4 fully saturated rings. The summed E-state index contributed by atoms with van der Waals surface area (Å²) in [6.07, 6.45) is 7.38. The zero-order chi connectivity index (χ0) is 20.3. The first-order chi connectivity index (χ1) is 12.9. The number of aromatic hydroxyl groups is 2. The number of phenols is 2. The van der Waals surface area contributed by atoms with E-state index in [0.717, 1.165) is 35.8 Å². The molecule has 0 heterocycles. The fraction of sp³-hybridized carbons (Fsp3) is 0.769. The maximum absolute atomic E-state index is 11.5. The summed E-state index contributed by atoms with van der Waals surface area (Å²) in [6.45, 7) is 14.5. The van der Waals surface area contributed by atoms with Crippen molar-refractivity contribution in [2.45, 2.75) is 91.9 Å². The van der Waals surface area contributed by atoms with Crippen LogP contribution >= 0.6 is 0 Å². The van der Waals surface area contributed by atoms with Gasteiger partial charge in [0.15, 0.2) is 0 Å². The lowest BCUT2D eigenvalue weighted by Crippen LogP contribution is -2.32. The van der Waals surface area contributed by atoms with Gasteiger partial charge < -0.3 is 10.2 Å². The van der Waals surface area contributed by atoms with Crippen LogP contribution in [0.25, 0.3) is 0 Å². The van der Waals surface area contributed by atoms with Gasteiger partial charge in [0.1, 0.15) is 11.5 Å². The van der Waals surface area contributed by atoms with Crippen molar-refractivity contribution in [2.24, 2.45) is 33.5 Å². The molecule has 4 saturated carbocycles. The number of hydrogen-bond acceptors (Lipinski definition) is 2. The summed E-state index contributed by atoms with van der Waals surface area (Å²) in [4.78, 5) is 0. The molecule has 0 radical (unpaired) electrons. The van der Waals surface area contributed by atoms with Crippen molar-refractivity contribution in [3.05, 3.63) is 23.3 Å². The first-order valence-electron chi connectivity index (χ1n) is 11.5. The first-order valence-corrected chi connectivity index (χ1v) is 11.5. The molecule has 28 heavy (non-hydrogen) atoms. The normalized spacial score (nSPS) is 45.1. The standard InChI is InChI=1S/C26H38O2/c1-23(2)15-7-9-25(23,5)20(11-15)18-13-17(27)14-19(22(18)28)21-12-16-8-10-26(21,6)24(16,3)4/h13-16,20-21,27-28H,7-12H2,1-6H3. The van der Waals surface area contributed by atoms with E-state index in [2.05, 4.69) is 41.5 Å². The second kappa shape index (κ2) is 5.29. The van der Waals surface area contributed by atoms with Crippen LogP contribution < -0.4 is 0 Å². The average Bonchev–Trinajstić information content (AvgIpc) is 3.14. The molecule has 2 nitrogen and oxygen atoms in total. The Labute approximate surface area is 170 Å². The molecule has 154 valence electrons. The van der Waals surface area contributed by atoms with Crippen molar-refractivity contribution in [1.29, 1.82) is 0 Å². The molecule has 6 atom stereocenters. The Hall–Kier alpha value is -1.18. The van der Waals surface area contributed by atoms with Gasteiger partial charge in [-0.25, -0.2) is 0 Å². The van der Waals surface area contributed by atoms with Gasteiger partial charge in [-0.3, -0.25) is 0 Å². The van der Waals surface area contributed by atoms with E-state index in [9.17, 15) is 10.2 Å². The molecule has 2 N–H and O–H groups in total. The van der Waals surface area contributed by atoms with Crippen molar-refractivity contribution in [2.75, 3.05) is 0 Å². The SMILES string of the molecule is CC1(C)C2CCC1(C)C(c1cc(O)cc(C3CC4CCC3(C)C4(C)C)c1O)C2. The number of hydrogen-bond donors (Lipinski definition) is 2. The summed E-state index contributed by atoms with van der Waals surface area (Å²) in [5.41, 5.74) is 3.07. The van der Waals surface area contributed by atoms with E-state index < -0.39 is 0 Å². The minimum Gasteiger partial charge on any atom is -0.508 e. The summed E-state index contributed by atoms with van der Waals surface area (Å²) in [5, 5.41) is 22.2. The van der Waals surface area contributed by atoms with Crippen molar-refractivity contribution in [1.82, 2.24) is 0 Å². The van der Waals surface area contributed by atoms with Gasteiger partial charge in [0.25, 0.3) is 0 Å². The highest BCUT2D eigenvalue weighted by molar-refractivity contribution is 5.52. The highest BCUT2D eigenvalue weighted by Crippen LogP contribution is 2.74. The molecule has 1 aromatic carbocycles. The van der Waals surface area contributed by atoms with Gasteiger partial charge in [0.2, 0.25) is 0 Å². The molecule has 0 spiro atoms. The van der Waals surface area contributed by atoms with E-state index >= 15 is 0 Å². The number of rotatable bonds is 2. The lowest BCUT2D eigenvalue weighted by Gasteiger charge is -2.41. The third-order valence-electron chi connectivity index (χ3n) is 11.5. The van der Waals surface area contributed by atoms with E-state index in [1.165, 1.54) is 25.7 Å². The predicted molar refractivity (Wildman–Crippen MR) is 114 cm³/mol. The Morgan fingerprint density at radius 1 is 0.714 bits per heavy atom. The molecule has 0 amide bonds. The summed E-state index contributed by atoms with van der Waals surface area (Å²) in [6, 6.07) is 3.76. The second-order valence-corrected chi connectivity index (χ2v) is 12.3. The Balaban J connectivity index is 1.60. The number of benzene rings is 1. The van der Waals surface area contributed by atoms with Crippen LogP contribution in [-0.2, 0) is 0 Å². The van der Waals surface area contributed by atoms with Crippen LogP contribution in [0.1, 0.15) is 103 Å². The van der Waals surface area contributed by atoms with Crippen molar-refractivity contribution < 1.29 is 10.2 Å². The van der Waals surface area contributed by atoms with Crippen LogP contribution in [0.5, 0.6) is 11.5 Å². The largest absolute Gasteiger partial charge is 0.508 e. The van der Waals surface area contributed by atoms with Gasteiger partial charge in [-0.05, 0) is 96.0 Å². The molecule has 4 bridgehead atoms. The first kappa shape index (κ1) is 18.8.